The molecular weight excluding hydrogens is 352 g/mol. The van der Waals surface area contributed by atoms with Gasteiger partial charge in [0.15, 0.2) is 5.65 Å². The first-order valence-electron chi connectivity index (χ1n) is 9.25. The van der Waals surface area contributed by atoms with Crippen molar-refractivity contribution in [2.24, 2.45) is 0 Å². The Labute approximate surface area is 163 Å². The molecule has 0 aliphatic rings. The molecule has 0 radical (unpaired) electrons. The molecule has 0 aliphatic carbocycles. The number of pyridine rings is 1. The van der Waals surface area contributed by atoms with Crippen LogP contribution in [0.1, 0.15) is 11.3 Å². The van der Waals surface area contributed by atoms with Crippen molar-refractivity contribution in [1.82, 2.24) is 29.9 Å². The third-order valence-electron chi connectivity index (χ3n) is 4.69. The maximum Gasteiger partial charge on any atom is 0.241 e. The average molecular weight is 374 g/mol. The Hall–Kier alpha value is -3.48. The predicted molar refractivity (Wildman–Crippen MR) is 108 cm³/mol. The lowest BCUT2D eigenvalue weighted by Crippen LogP contribution is -2.31. The van der Waals surface area contributed by atoms with E-state index in [1.165, 1.54) is 5.56 Å². The Balaban J connectivity index is 1.54. The number of nitrogens with one attached hydrogen (secondary N) is 1. The molecule has 0 bridgehead atoms. The summed E-state index contributed by atoms with van der Waals surface area (Å²) < 4.78 is 3.45. The number of hydrogen-bond acceptors (Lipinski definition) is 4. The fourth-order valence-corrected chi connectivity index (χ4v) is 3.30. The largest absolute Gasteiger partial charge is 0.353 e. The van der Waals surface area contributed by atoms with Gasteiger partial charge in [0.25, 0.3) is 0 Å². The monoisotopic (exact) mass is 374 g/mol. The van der Waals surface area contributed by atoms with Crippen LogP contribution in [0.2, 0.25) is 0 Å². The smallest absolute Gasteiger partial charge is 0.241 e. The third-order valence-corrected chi connectivity index (χ3v) is 4.69. The minimum Gasteiger partial charge on any atom is -0.353 e. The number of nitrogens with zero attached hydrogens (tertiary/aromatic N) is 5. The van der Waals surface area contributed by atoms with Crippen LogP contribution in [0.15, 0.2) is 55.0 Å². The zero-order chi connectivity index (χ0) is 19.5. The molecule has 0 atom stereocenters. The van der Waals surface area contributed by atoms with Crippen molar-refractivity contribution >= 4 is 16.9 Å². The summed E-state index contributed by atoms with van der Waals surface area (Å²) in [6.45, 7) is 5.30. The highest BCUT2D eigenvalue weighted by Gasteiger charge is 2.15. The highest BCUT2D eigenvalue weighted by molar-refractivity contribution is 5.95. The lowest BCUT2D eigenvalue weighted by atomic mass is 10.0. The number of aromatic nitrogens is 5. The van der Waals surface area contributed by atoms with Gasteiger partial charge in [-0.05, 0) is 37.1 Å². The van der Waals surface area contributed by atoms with Gasteiger partial charge in [-0.25, -0.2) is 9.67 Å². The van der Waals surface area contributed by atoms with Gasteiger partial charge >= 0.3 is 0 Å². The molecule has 1 N–H and O–H groups in total. The first kappa shape index (κ1) is 17.9. The Morgan fingerprint density at radius 1 is 1.11 bits per heavy atom. The Morgan fingerprint density at radius 3 is 2.68 bits per heavy atom. The van der Waals surface area contributed by atoms with Gasteiger partial charge in [-0.1, -0.05) is 29.8 Å². The number of rotatable bonds is 6. The van der Waals surface area contributed by atoms with Gasteiger partial charge in [0.1, 0.15) is 6.54 Å². The van der Waals surface area contributed by atoms with Gasteiger partial charge in [0.05, 0.1) is 12.2 Å². The fourth-order valence-electron chi connectivity index (χ4n) is 3.30. The number of hydrogen-bond donors (Lipinski definition) is 1. The molecule has 28 heavy (non-hydrogen) atoms. The van der Waals surface area contributed by atoms with E-state index in [1.54, 1.807) is 21.8 Å². The van der Waals surface area contributed by atoms with Gasteiger partial charge in [-0.2, -0.15) is 10.2 Å². The van der Waals surface area contributed by atoms with Crippen LogP contribution in [-0.4, -0.2) is 37.0 Å². The summed E-state index contributed by atoms with van der Waals surface area (Å²) >= 11 is 0. The topological polar surface area (TPSA) is 77.6 Å². The van der Waals surface area contributed by atoms with E-state index in [0.29, 0.717) is 13.1 Å². The normalized spacial score (nSPS) is 11.1. The Morgan fingerprint density at radius 2 is 1.93 bits per heavy atom. The molecule has 0 aliphatic heterocycles. The molecular formula is C21H22N6O. The predicted octanol–water partition coefficient (Wildman–Crippen LogP) is 2.73. The number of fused-ring (bicyclic) bond motifs is 1. The van der Waals surface area contributed by atoms with Gasteiger partial charge in [0.2, 0.25) is 5.91 Å². The van der Waals surface area contributed by atoms with E-state index in [0.717, 1.165) is 27.9 Å². The molecule has 7 nitrogen and oxygen atoms in total. The molecule has 3 heterocycles. The van der Waals surface area contributed by atoms with Crippen LogP contribution in [0.3, 0.4) is 0 Å². The van der Waals surface area contributed by atoms with Crippen molar-refractivity contribution in [3.63, 3.8) is 0 Å². The van der Waals surface area contributed by atoms with Crippen LogP contribution >= 0.6 is 0 Å². The molecule has 1 aromatic carbocycles. The summed E-state index contributed by atoms with van der Waals surface area (Å²) in [5.74, 6) is -0.0981. The number of amides is 1. The standard InChI is InChI=1S/C21H22N6O/c1-15-4-6-17(7-5-15)18-8-10-23-21-20(18)16(2)25-27(21)14-19(28)22-11-13-26-12-3-9-24-26/h3-10,12H,11,13-14H2,1-2H3,(H,22,28). The second kappa shape index (κ2) is 7.64. The Bertz CT molecular complexity index is 1100. The average Bonchev–Trinajstić information content (AvgIpc) is 3.31. The number of carbonyl (C=O) groups excluding carboxylic acids is 1. The second-order valence-corrected chi connectivity index (χ2v) is 6.79. The first-order chi connectivity index (χ1) is 13.6. The lowest BCUT2D eigenvalue weighted by Gasteiger charge is -2.07. The van der Waals surface area contributed by atoms with Gasteiger partial charge < -0.3 is 5.32 Å². The van der Waals surface area contributed by atoms with Crippen LogP contribution < -0.4 is 5.32 Å². The van der Waals surface area contributed by atoms with Crippen LogP contribution in [0, 0.1) is 13.8 Å². The highest BCUT2D eigenvalue weighted by atomic mass is 16.2. The van der Waals surface area contributed by atoms with E-state index in [1.807, 2.05) is 25.3 Å². The van der Waals surface area contributed by atoms with Crippen molar-refractivity contribution in [1.29, 1.82) is 0 Å². The number of carbonyl (C=O) groups is 1. The van der Waals surface area contributed by atoms with Gasteiger partial charge in [0, 0.05) is 30.5 Å². The molecule has 4 rings (SSSR count). The summed E-state index contributed by atoms with van der Waals surface area (Å²) in [7, 11) is 0. The molecule has 0 fully saturated rings. The molecule has 1 amide bonds. The van der Waals surface area contributed by atoms with Crippen LogP contribution in [0.4, 0.5) is 0 Å². The SMILES string of the molecule is Cc1ccc(-c2ccnc3c2c(C)nn3CC(=O)NCCn2cccn2)cc1. The van der Waals surface area contributed by atoms with Crippen molar-refractivity contribution < 1.29 is 4.79 Å². The van der Waals surface area contributed by atoms with Crippen molar-refractivity contribution in [3.8, 4) is 11.1 Å². The van der Waals surface area contributed by atoms with E-state index in [9.17, 15) is 4.79 Å². The quantitative estimate of drug-likeness (QED) is 0.563. The molecule has 142 valence electrons. The third kappa shape index (κ3) is 3.64. The molecule has 0 saturated carbocycles. The molecule has 0 spiro atoms. The first-order valence-corrected chi connectivity index (χ1v) is 9.25. The summed E-state index contributed by atoms with van der Waals surface area (Å²) in [4.78, 5) is 16.8. The number of aryl methyl sites for hydroxylation is 2. The Kier molecular flexibility index (Phi) is 4.89. The number of benzene rings is 1. The molecule has 3 aromatic heterocycles. The maximum absolute atomic E-state index is 12.4. The van der Waals surface area contributed by atoms with Gasteiger partial charge in [-0.15, -0.1) is 0 Å². The van der Waals surface area contributed by atoms with Crippen LogP contribution in [0.5, 0.6) is 0 Å². The van der Waals surface area contributed by atoms with E-state index in [2.05, 4.69) is 51.7 Å². The highest BCUT2D eigenvalue weighted by Crippen LogP contribution is 2.29. The van der Waals surface area contributed by atoms with E-state index in [-0.39, 0.29) is 12.5 Å². The zero-order valence-electron chi connectivity index (χ0n) is 16.0. The zero-order valence-corrected chi connectivity index (χ0v) is 16.0. The van der Waals surface area contributed by atoms with Crippen molar-refractivity contribution in [2.75, 3.05) is 6.54 Å². The second-order valence-electron chi connectivity index (χ2n) is 6.79. The van der Waals surface area contributed by atoms with Crippen LogP contribution in [-0.2, 0) is 17.9 Å². The van der Waals surface area contributed by atoms with E-state index < -0.39 is 0 Å². The summed E-state index contributed by atoms with van der Waals surface area (Å²) in [6, 6.07) is 12.2. The van der Waals surface area contributed by atoms with E-state index >= 15 is 0 Å². The van der Waals surface area contributed by atoms with Crippen molar-refractivity contribution in [2.45, 2.75) is 26.9 Å². The minimum absolute atomic E-state index is 0.0981. The lowest BCUT2D eigenvalue weighted by molar-refractivity contribution is -0.121. The van der Waals surface area contributed by atoms with E-state index in [4.69, 9.17) is 0 Å². The van der Waals surface area contributed by atoms with Gasteiger partial charge in [-0.3, -0.25) is 9.48 Å². The molecule has 4 aromatic rings. The summed E-state index contributed by atoms with van der Waals surface area (Å²) in [5.41, 5.74) is 4.99. The van der Waals surface area contributed by atoms with Crippen LogP contribution in [0.25, 0.3) is 22.2 Å². The molecule has 7 heteroatoms. The molecule has 0 saturated heterocycles. The fraction of sp³-hybridized carbons (Fsp3) is 0.238. The molecule has 0 unspecified atom stereocenters. The minimum atomic E-state index is -0.0981. The summed E-state index contributed by atoms with van der Waals surface area (Å²) in [6.07, 6.45) is 5.36. The maximum atomic E-state index is 12.4. The summed E-state index contributed by atoms with van der Waals surface area (Å²) in [5, 5.41) is 12.6. The van der Waals surface area contributed by atoms with Crippen molar-refractivity contribution in [3.05, 3.63) is 66.2 Å².